The molecule has 0 saturated carbocycles. The molecule has 4 nitrogen and oxygen atoms in total. The zero-order valence-electron chi connectivity index (χ0n) is 35.5. The second kappa shape index (κ2) is 19.3. The quantitative estimate of drug-likeness (QED) is 0.0637. The third-order valence-corrected chi connectivity index (χ3v) is 15.7. The van der Waals surface area contributed by atoms with Crippen LogP contribution in [-0.4, -0.2) is 9.13 Å². The number of hydrogen-bond donors (Lipinski definition) is 0. The monoisotopic (exact) mass is 882 g/mol. The highest BCUT2D eigenvalue weighted by atomic mass is 32.1. The van der Waals surface area contributed by atoms with E-state index in [1.807, 2.05) is 57.7 Å². The molecule has 0 aliphatic rings. The van der Waals surface area contributed by atoms with Gasteiger partial charge in [0.2, 0.25) is 0 Å². The first-order chi connectivity index (χ1) is 30.6. The molecule has 0 fully saturated rings. The van der Waals surface area contributed by atoms with Crippen molar-refractivity contribution in [2.45, 2.75) is 91.1 Å². The van der Waals surface area contributed by atoms with Gasteiger partial charge in [-0.25, -0.2) is 0 Å². The van der Waals surface area contributed by atoms with Crippen molar-refractivity contribution in [3.05, 3.63) is 127 Å². The number of aromatic nitrogens is 2. The van der Waals surface area contributed by atoms with Crippen molar-refractivity contribution in [3.8, 4) is 33.0 Å². The molecule has 0 aliphatic carbocycles. The average molecular weight is 883 g/mol. The fourth-order valence-corrected chi connectivity index (χ4v) is 12.2. The van der Waals surface area contributed by atoms with Gasteiger partial charge in [-0.1, -0.05) is 102 Å². The van der Waals surface area contributed by atoms with Crippen LogP contribution in [0.1, 0.15) is 98.9 Å². The van der Waals surface area contributed by atoms with E-state index >= 15 is 0 Å². The van der Waals surface area contributed by atoms with Crippen LogP contribution in [0.5, 0.6) is 0 Å². The first-order valence-electron chi connectivity index (χ1n) is 22.1. The zero-order valence-corrected chi connectivity index (χ0v) is 38.7. The Morgan fingerprint density at radius 3 is 1.31 bits per heavy atom. The van der Waals surface area contributed by atoms with Gasteiger partial charge in [0.1, 0.15) is 12.1 Å². The third-order valence-electron chi connectivity index (χ3n) is 12.1. The molecular formula is C54H50N4S4. The molecule has 8 heteroatoms. The summed E-state index contributed by atoms with van der Waals surface area (Å²) in [7, 11) is 0. The minimum atomic E-state index is 0.686. The van der Waals surface area contributed by atoms with Gasteiger partial charge in [-0.15, -0.1) is 45.3 Å². The summed E-state index contributed by atoms with van der Waals surface area (Å²) in [5.41, 5.74) is 11.1. The predicted octanol–water partition coefficient (Wildman–Crippen LogP) is 17.6. The molecule has 0 bridgehead atoms. The number of fused-ring (bicyclic) bond motifs is 6. The average Bonchev–Trinajstić information content (AvgIpc) is 4.17. The first kappa shape index (κ1) is 41.9. The van der Waals surface area contributed by atoms with E-state index in [0.717, 1.165) is 46.8 Å². The Hall–Kier alpha value is -5.48. The molecule has 9 aromatic rings. The summed E-state index contributed by atoms with van der Waals surface area (Å²) in [4.78, 5) is 4.49. The molecule has 0 spiro atoms. The molecule has 6 aromatic heterocycles. The van der Waals surface area contributed by atoms with E-state index in [0.29, 0.717) is 11.1 Å². The number of unbranched alkanes of at least 4 members (excludes halogenated alkanes) is 8. The van der Waals surface area contributed by atoms with Crippen LogP contribution in [0.2, 0.25) is 0 Å². The highest BCUT2D eigenvalue weighted by molar-refractivity contribution is 7.14. The SMILES string of the molecule is CCCCCCCn1c2ccc(/C=C(\C#N)c3cccs3)cc2c2c(-c3cccs3)c3c(c(-c4cccs4)c21)c1cc(/C=C(\C#N)c2cccs2)ccc1n3CCCCCCC. The fourth-order valence-electron chi connectivity index (χ4n) is 9.23. The summed E-state index contributed by atoms with van der Waals surface area (Å²) < 4.78 is 5.28. The van der Waals surface area contributed by atoms with Gasteiger partial charge in [0.25, 0.3) is 0 Å². The van der Waals surface area contributed by atoms with Crippen LogP contribution in [0.4, 0.5) is 0 Å². The van der Waals surface area contributed by atoms with Crippen molar-refractivity contribution in [2.75, 3.05) is 0 Å². The Kier molecular flexibility index (Phi) is 13.0. The minimum Gasteiger partial charge on any atom is -0.340 e. The standard InChI is InChI=1S/C54H50N4S4/c1-3-5-7-9-11-25-57-43-23-21-37(31-39(35-55)45-17-13-27-59-45)33-41(43)49-52(48-20-16-30-62-48)54-50(51(53(49)57)47-19-15-29-61-47)42-34-38(32-40(36-56)46-18-14-28-60-46)22-24-44(42)58(54)26-12-10-8-6-4-2/h13-24,27-34H,3-12,25-26H2,1-2H3/b39-31+,40-32+. The number of hydrogen-bond acceptors (Lipinski definition) is 6. The van der Waals surface area contributed by atoms with Gasteiger partial charge in [-0.3, -0.25) is 0 Å². The molecule has 0 radical (unpaired) electrons. The van der Waals surface area contributed by atoms with Crippen molar-refractivity contribution in [2.24, 2.45) is 0 Å². The fraction of sp³-hybridized carbons (Fsp3) is 0.259. The van der Waals surface area contributed by atoms with Gasteiger partial charge in [-0.2, -0.15) is 10.5 Å². The number of thiophene rings is 4. The smallest absolute Gasteiger partial charge is 0.101 e. The number of rotatable bonds is 18. The predicted molar refractivity (Wildman–Crippen MR) is 272 cm³/mol. The molecule has 62 heavy (non-hydrogen) atoms. The van der Waals surface area contributed by atoms with E-state index in [-0.39, 0.29) is 0 Å². The zero-order chi connectivity index (χ0) is 42.4. The number of allylic oxidation sites excluding steroid dienone is 2. The Labute approximate surface area is 380 Å². The van der Waals surface area contributed by atoms with Gasteiger partial charge in [0.05, 0.1) is 22.2 Å². The second-order valence-corrected chi connectivity index (χ2v) is 19.9. The molecule has 0 saturated heterocycles. The Balaban J connectivity index is 1.42. The highest BCUT2D eigenvalue weighted by Gasteiger charge is 2.29. The highest BCUT2D eigenvalue weighted by Crippen LogP contribution is 2.52. The van der Waals surface area contributed by atoms with Crippen LogP contribution in [0.3, 0.4) is 0 Å². The van der Waals surface area contributed by atoms with Gasteiger partial charge < -0.3 is 9.13 Å². The summed E-state index contributed by atoms with van der Waals surface area (Å²) in [6.07, 6.45) is 16.1. The topological polar surface area (TPSA) is 57.4 Å². The summed E-state index contributed by atoms with van der Waals surface area (Å²) in [6.45, 7) is 6.40. The lowest BCUT2D eigenvalue weighted by molar-refractivity contribution is 0.584. The van der Waals surface area contributed by atoms with Crippen molar-refractivity contribution < 1.29 is 0 Å². The normalized spacial score (nSPS) is 12.3. The van der Waals surface area contributed by atoms with Gasteiger partial charge in [-0.05, 0) is 106 Å². The lowest BCUT2D eigenvalue weighted by Crippen LogP contribution is -2.02. The summed E-state index contributed by atoms with van der Waals surface area (Å²) in [5.74, 6) is 0. The molecule has 310 valence electrons. The summed E-state index contributed by atoms with van der Waals surface area (Å²) in [5, 5.41) is 34.2. The van der Waals surface area contributed by atoms with Crippen LogP contribution in [0, 0.1) is 22.7 Å². The van der Waals surface area contributed by atoms with Crippen LogP contribution in [0.25, 0.3) is 87.8 Å². The molecule has 0 atom stereocenters. The van der Waals surface area contributed by atoms with Gasteiger partial charge >= 0.3 is 0 Å². The van der Waals surface area contributed by atoms with Gasteiger partial charge in [0, 0.05) is 76.3 Å². The van der Waals surface area contributed by atoms with Crippen LogP contribution in [-0.2, 0) is 13.1 Å². The Morgan fingerprint density at radius 1 is 0.516 bits per heavy atom. The van der Waals surface area contributed by atoms with E-state index < -0.39 is 0 Å². The number of nitriles is 2. The van der Waals surface area contributed by atoms with Crippen LogP contribution < -0.4 is 0 Å². The molecule has 0 unspecified atom stereocenters. The summed E-state index contributed by atoms with van der Waals surface area (Å²) in [6, 6.07) is 35.9. The first-order valence-corrected chi connectivity index (χ1v) is 25.6. The summed E-state index contributed by atoms with van der Waals surface area (Å²) >= 11 is 6.85. The van der Waals surface area contributed by atoms with Crippen molar-refractivity contribution in [1.82, 2.24) is 9.13 Å². The lowest BCUT2D eigenvalue weighted by atomic mass is 9.94. The lowest BCUT2D eigenvalue weighted by Gasteiger charge is -2.17. The maximum atomic E-state index is 10.3. The molecule has 0 amide bonds. The molecule has 6 heterocycles. The van der Waals surface area contributed by atoms with Gasteiger partial charge in [0.15, 0.2) is 0 Å². The third kappa shape index (κ3) is 8.14. The van der Waals surface area contributed by atoms with E-state index in [1.54, 1.807) is 22.7 Å². The Morgan fingerprint density at radius 2 is 0.935 bits per heavy atom. The number of benzene rings is 3. The largest absolute Gasteiger partial charge is 0.340 e. The minimum absolute atomic E-state index is 0.686. The maximum absolute atomic E-state index is 10.3. The molecule has 0 aliphatic heterocycles. The Bertz CT molecular complexity index is 2890. The van der Waals surface area contributed by atoms with Crippen molar-refractivity contribution in [3.63, 3.8) is 0 Å². The van der Waals surface area contributed by atoms with Crippen molar-refractivity contribution in [1.29, 1.82) is 10.5 Å². The maximum Gasteiger partial charge on any atom is 0.101 e. The molecule has 9 rings (SSSR count). The van der Waals surface area contributed by atoms with E-state index in [1.165, 1.54) is 116 Å². The van der Waals surface area contributed by atoms with E-state index in [4.69, 9.17) is 0 Å². The van der Waals surface area contributed by atoms with E-state index in [2.05, 4.69) is 119 Å². The number of nitrogens with zero attached hydrogens (tertiary/aromatic N) is 4. The molecular weight excluding hydrogens is 833 g/mol. The van der Waals surface area contributed by atoms with Crippen LogP contribution >= 0.6 is 45.3 Å². The van der Waals surface area contributed by atoms with Crippen LogP contribution in [0.15, 0.2) is 106 Å². The van der Waals surface area contributed by atoms with Crippen molar-refractivity contribution >= 4 is 112 Å². The second-order valence-electron chi connectivity index (χ2n) is 16.1. The number of aryl methyl sites for hydroxylation is 2. The molecule has 0 N–H and O–H groups in total. The molecule has 3 aromatic carbocycles. The van der Waals surface area contributed by atoms with E-state index in [9.17, 15) is 10.5 Å².